The Balaban J connectivity index is 1.63. The second-order valence-corrected chi connectivity index (χ2v) is 6.11. The normalized spacial score (nSPS) is 10.5. The maximum atomic E-state index is 12.9. The predicted octanol–water partition coefficient (Wildman–Crippen LogP) is 4.80. The van der Waals surface area contributed by atoms with E-state index in [0.717, 1.165) is 22.6 Å². The van der Waals surface area contributed by atoms with Crippen LogP contribution >= 0.6 is 11.6 Å². The van der Waals surface area contributed by atoms with Crippen molar-refractivity contribution in [3.8, 4) is 0 Å². The summed E-state index contributed by atoms with van der Waals surface area (Å²) in [7, 11) is 0. The van der Waals surface area contributed by atoms with Gasteiger partial charge in [0, 0.05) is 29.9 Å². The van der Waals surface area contributed by atoms with Crippen LogP contribution in [0.5, 0.6) is 0 Å². The zero-order valence-corrected chi connectivity index (χ0v) is 14.5. The molecule has 0 radical (unpaired) electrons. The number of nitrogens with one attached hydrogen (secondary N) is 2. The molecular formula is C19H18ClFN4. The maximum absolute atomic E-state index is 12.9. The van der Waals surface area contributed by atoms with Gasteiger partial charge in [0.05, 0.1) is 0 Å². The molecule has 0 bridgehead atoms. The number of aryl methyl sites for hydroxylation is 1. The Morgan fingerprint density at radius 3 is 2.16 bits per heavy atom. The summed E-state index contributed by atoms with van der Waals surface area (Å²) >= 11 is 5.89. The molecule has 0 aliphatic heterocycles. The van der Waals surface area contributed by atoms with Gasteiger partial charge in [-0.1, -0.05) is 35.9 Å². The minimum absolute atomic E-state index is 0.246. The highest BCUT2D eigenvalue weighted by atomic mass is 35.5. The van der Waals surface area contributed by atoms with E-state index in [4.69, 9.17) is 11.6 Å². The van der Waals surface area contributed by atoms with Crippen molar-refractivity contribution in [2.45, 2.75) is 20.0 Å². The lowest BCUT2D eigenvalue weighted by atomic mass is 10.2. The maximum Gasteiger partial charge on any atom is 0.225 e. The third-order valence-corrected chi connectivity index (χ3v) is 3.86. The summed E-state index contributed by atoms with van der Waals surface area (Å²) in [6.45, 7) is 3.09. The zero-order chi connectivity index (χ0) is 17.6. The van der Waals surface area contributed by atoms with Crippen molar-refractivity contribution >= 4 is 23.4 Å². The van der Waals surface area contributed by atoms with Crippen molar-refractivity contribution in [2.24, 2.45) is 0 Å². The Hall–Kier alpha value is -2.66. The molecule has 6 heteroatoms. The number of rotatable bonds is 6. The van der Waals surface area contributed by atoms with Gasteiger partial charge in [-0.15, -0.1) is 0 Å². The third-order valence-electron chi connectivity index (χ3n) is 3.60. The number of benzene rings is 2. The Morgan fingerprint density at radius 2 is 1.48 bits per heavy atom. The van der Waals surface area contributed by atoms with Gasteiger partial charge in [-0.3, -0.25) is 0 Å². The standard InChI is InChI=1S/C19H18ClFN4/c1-13-10-18(22-11-14-2-6-16(20)7-3-14)25-19(24-13)23-12-15-4-8-17(21)9-5-15/h2-10H,11-12H2,1H3,(H2,22,23,24,25). The van der Waals surface area contributed by atoms with E-state index in [1.54, 1.807) is 12.1 Å². The van der Waals surface area contributed by atoms with Crippen LogP contribution in [-0.4, -0.2) is 9.97 Å². The van der Waals surface area contributed by atoms with E-state index in [-0.39, 0.29) is 5.82 Å². The van der Waals surface area contributed by atoms with Gasteiger partial charge in [-0.25, -0.2) is 9.37 Å². The molecule has 0 aliphatic carbocycles. The smallest absolute Gasteiger partial charge is 0.225 e. The van der Waals surface area contributed by atoms with Gasteiger partial charge in [0.15, 0.2) is 0 Å². The molecular weight excluding hydrogens is 339 g/mol. The molecule has 128 valence electrons. The summed E-state index contributed by atoms with van der Waals surface area (Å²) in [5.41, 5.74) is 2.93. The number of aromatic nitrogens is 2. The van der Waals surface area contributed by atoms with Gasteiger partial charge in [-0.05, 0) is 42.3 Å². The van der Waals surface area contributed by atoms with E-state index >= 15 is 0 Å². The van der Waals surface area contributed by atoms with Crippen molar-refractivity contribution in [3.05, 3.63) is 82.3 Å². The van der Waals surface area contributed by atoms with Gasteiger partial charge in [0.2, 0.25) is 5.95 Å². The Morgan fingerprint density at radius 1 is 0.880 bits per heavy atom. The van der Waals surface area contributed by atoms with Crippen LogP contribution in [0.3, 0.4) is 0 Å². The first kappa shape index (κ1) is 17.2. The fraction of sp³-hybridized carbons (Fsp3) is 0.158. The molecule has 3 rings (SSSR count). The summed E-state index contributed by atoms with van der Waals surface area (Å²) in [4.78, 5) is 8.84. The molecule has 0 unspecified atom stereocenters. The summed E-state index contributed by atoms with van der Waals surface area (Å²) in [6.07, 6.45) is 0. The number of hydrogen-bond acceptors (Lipinski definition) is 4. The second-order valence-electron chi connectivity index (χ2n) is 5.68. The van der Waals surface area contributed by atoms with E-state index in [2.05, 4.69) is 20.6 Å². The number of anilines is 2. The van der Waals surface area contributed by atoms with Crippen LogP contribution in [-0.2, 0) is 13.1 Å². The molecule has 0 fully saturated rings. The summed E-state index contributed by atoms with van der Waals surface area (Å²) in [5.74, 6) is 1.02. The average Bonchev–Trinajstić information content (AvgIpc) is 2.60. The van der Waals surface area contributed by atoms with Crippen LogP contribution in [0.1, 0.15) is 16.8 Å². The predicted molar refractivity (Wildman–Crippen MR) is 99.3 cm³/mol. The summed E-state index contributed by atoms with van der Waals surface area (Å²) in [6, 6.07) is 15.9. The molecule has 0 aliphatic rings. The number of hydrogen-bond donors (Lipinski definition) is 2. The van der Waals surface area contributed by atoms with Crippen molar-refractivity contribution in [1.82, 2.24) is 9.97 Å². The van der Waals surface area contributed by atoms with Crippen molar-refractivity contribution in [2.75, 3.05) is 10.6 Å². The molecule has 1 heterocycles. The van der Waals surface area contributed by atoms with Crippen LogP contribution in [0, 0.1) is 12.7 Å². The second kappa shape index (κ2) is 7.94. The fourth-order valence-electron chi connectivity index (χ4n) is 2.32. The van der Waals surface area contributed by atoms with Crippen LogP contribution in [0.4, 0.5) is 16.2 Å². The monoisotopic (exact) mass is 356 g/mol. The lowest BCUT2D eigenvalue weighted by Crippen LogP contribution is -2.08. The molecule has 0 saturated carbocycles. The van der Waals surface area contributed by atoms with E-state index in [0.29, 0.717) is 24.1 Å². The lowest BCUT2D eigenvalue weighted by Gasteiger charge is -2.10. The molecule has 4 nitrogen and oxygen atoms in total. The Labute approximate surface area is 151 Å². The van der Waals surface area contributed by atoms with E-state index < -0.39 is 0 Å². The largest absolute Gasteiger partial charge is 0.366 e. The zero-order valence-electron chi connectivity index (χ0n) is 13.8. The molecule has 2 N–H and O–H groups in total. The van der Waals surface area contributed by atoms with E-state index in [1.165, 1.54) is 12.1 Å². The molecule has 0 saturated heterocycles. The van der Waals surface area contributed by atoms with Crippen LogP contribution < -0.4 is 10.6 Å². The third kappa shape index (κ3) is 5.16. The van der Waals surface area contributed by atoms with Gasteiger partial charge in [-0.2, -0.15) is 4.98 Å². The Kier molecular flexibility index (Phi) is 5.46. The minimum Gasteiger partial charge on any atom is -0.366 e. The van der Waals surface area contributed by atoms with Crippen LogP contribution in [0.15, 0.2) is 54.6 Å². The van der Waals surface area contributed by atoms with E-state index in [9.17, 15) is 4.39 Å². The first-order valence-corrected chi connectivity index (χ1v) is 8.28. The van der Waals surface area contributed by atoms with Crippen LogP contribution in [0.2, 0.25) is 5.02 Å². The van der Waals surface area contributed by atoms with Gasteiger partial charge < -0.3 is 10.6 Å². The summed E-state index contributed by atoms with van der Waals surface area (Å²) in [5, 5.41) is 7.17. The number of halogens is 2. The molecule has 0 atom stereocenters. The van der Waals surface area contributed by atoms with Gasteiger partial charge >= 0.3 is 0 Å². The molecule has 0 amide bonds. The van der Waals surface area contributed by atoms with Crippen molar-refractivity contribution in [1.29, 1.82) is 0 Å². The molecule has 0 spiro atoms. The van der Waals surface area contributed by atoms with E-state index in [1.807, 2.05) is 37.3 Å². The molecule has 2 aromatic carbocycles. The highest BCUT2D eigenvalue weighted by Gasteiger charge is 2.03. The highest BCUT2D eigenvalue weighted by molar-refractivity contribution is 6.30. The average molecular weight is 357 g/mol. The van der Waals surface area contributed by atoms with Gasteiger partial charge in [0.25, 0.3) is 0 Å². The Bertz CT molecular complexity index is 767. The molecule has 1 aromatic heterocycles. The van der Waals surface area contributed by atoms with Gasteiger partial charge in [0.1, 0.15) is 11.6 Å². The minimum atomic E-state index is -0.246. The van der Waals surface area contributed by atoms with Crippen LogP contribution in [0.25, 0.3) is 0 Å². The highest BCUT2D eigenvalue weighted by Crippen LogP contribution is 2.14. The lowest BCUT2D eigenvalue weighted by molar-refractivity contribution is 0.627. The van der Waals surface area contributed by atoms with Crippen molar-refractivity contribution in [3.63, 3.8) is 0 Å². The number of nitrogens with zero attached hydrogens (tertiary/aromatic N) is 2. The quantitative estimate of drug-likeness (QED) is 0.666. The molecule has 25 heavy (non-hydrogen) atoms. The first-order chi connectivity index (χ1) is 12.1. The fourth-order valence-corrected chi connectivity index (χ4v) is 2.44. The first-order valence-electron chi connectivity index (χ1n) is 7.91. The molecule has 3 aromatic rings. The summed E-state index contributed by atoms with van der Waals surface area (Å²) < 4.78 is 12.9. The SMILES string of the molecule is Cc1cc(NCc2ccc(Cl)cc2)nc(NCc2ccc(F)cc2)n1. The topological polar surface area (TPSA) is 49.8 Å². The van der Waals surface area contributed by atoms with Crippen molar-refractivity contribution < 1.29 is 4.39 Å².